The number of aliphatic imine (C=N–C) groups is 2. The van der Waals surface area contributed by atoms with Crippen molar-refractivity contribution in [2.24, 2.45) is 21.5 Å². The third-order valence-electron chi connectivity index (χ3n) is 6.41. The van der Waals surface area contributed by atoms with Gasteiger partial charge in [0.05, 0.1) is 6.10 Å². The lowest BCUT2D eigenvalue weighted by molar-refractivity contribution is 0.0805. The molecule has 1 aromatic carbocycles. The van der Waals surface area contributed by atoms with E-state index in [1.54, 1.807) is 0 Å². The number of likely N-dealkylation sites (N-methyl/N-ethyl adjacent to an activating group) is 1. The van der Waals surface area contributed by atoms with Crippen molar-refractivity contribution in [2.75, 3.05) is 44.7 Å². The van der Waals surface area contributed by atoms with Crippen LogP contribution in [-0.2, 0) is 0 Å². The van der Waals surface area contributed by atoms with Gasteiger partial charge in [-0.2, -0.15) is 4.99 Å². The highest BCUT2D eigenvalue weighted by Crippen LogP contribution is 2.39. The highest BCUT2D eigenvalue weighted by molar-refractivity contribution is 6.05. The number of rotatable bonds is 4. The molecule has 8 heteroatoms. The number of aliphatic hydroxyl groups is 1. The van der Waals surface area contributed by atoms with Crippen LogP contribution in [0.2, 0.25) is 0 Å². The van der Waals surface area contributed by atoms with Crippen molar-refractivity contribution in [1.29, 1.82) is 0 Å². The molecule has 8 nitrogen and oxygen atoms in total. The molecule has 1 unspecified atom stereocenters. The van der Waals surface area contributed by atoms with E-state index in [0.29, 0.717) is 12.5 Å². The second-order valence-corrected chi connectivity index (χ2v) is 8.53. The molecule has 4 rings (SSSR count). The summed E-state index contributed by atoms with van der Waals surface area (Å²) >= 11 is 0. The van der Waals surface area contributed by atoms with Crippen molar-refractivity contribution < 1.29 is 5.11 Å². The number of benzene rings is 1. The Balaban J connectivity index is 1.50. The molecule has 2 aliphatic heterocycles. The second kappa shape index (κ2) is 8.30. The van der Waals surface area contributed by atoms with Crippen LogP contribution in [0.4, 0.5) is 5.69 Å². The van der Waals surface area contributed by atoms with Crippen molar-refractivity contribution >= 4 is 17.6 Å². The summed E-state index contributed by atoms with van der Waals surface area (Å²) in [6.45, 7) is 4.74. The van der Waals surface area contributed by atoms with E-state index >= 15 is 0 Å². The smallest absolute Gasteiger partial charge is 0.220 e. The Hall–Kier alpha value is -2.16. The highest BCUT2D eigenvalue weighted by Gasteiger charge is 2.42. The molecule has 0 aromatic heterocycles. The lowest BCUT2D eigenvalue weighted by atomic mass is 9.87. The number of β-amino-alcohol motifs (C(OH)–C–C–N with tert-alkyl or cyclic N) is 1. The summed E-state index contributed by atoms with van der Waals surface area (Å²) in [5.74, 6) is 0.657. The molecule has 0 radical (unpaired) electrons. The zero-order chi connectivity index (χ0) is 20.4. The topological polar surface area (TPSA) is 107 Å². The molecular formula is C21H33N7O. The molecule has 1 aromatic rings. The van der Waals surface area contributed by atoms with Crippen LogP contribution in [0.3, 0.4) is 0 Å². The molecule has 158 valence electrons. The van der Waals surface area contributed by atoms with Crippen LogP contribution in [0.1, 0.15) is 43.8 Å². The van der Waals surface area contributed by atoms with Gasteiger partial charge in [0.1, 0.15) is 5.66 Å². The van der Waals surface area contributed by atoms with Crippen molar-refractivity contribution in [1.82, 2.24) is 9.80 Å². The Morgan fingerprint density at radius 1 is 1.03 bits per heavy atom. The van der Waals surface area contributed by atoms with E-state index in [0.717, 1.165) is 63.1 Å². The molecule has 1 saturated carbocycles. The summed E-state index contributed by atoms with van der Waals surface area (Å²) in [7, 11) is 2.14. The minimum Gasteiger partial charge on any atom is -0.387 e. The lowest BCUT2D eigenvalue weighted by Gasteiger charge is -2.45. The van der Waals surface area contributed by atoms with E-state index < -0.39 is 11.8 Å². The van der Waals surface area contributed by atoms with Gasteiger partial charge in [0.25, 0.3) is 0 Å². The summed E-state index contributed by atoms with van der Waals surface area (Å²) in [5.41, 5.74) is 13.7. The van der Waals surface area contributed by atoms with E-state index in [2.05, 4.69) is 21.8 Å². The van der Waals surface area contributed by atoms with E-state index in [4.69, 9.17) is 16.5 Å². The average molecular weight is 400 g/mol. The Kier molecular flexibility index (Phi) is 5.76. The normalized spacial score (nSPS) is 24.3. The Bertz CT molecular complexity index is 762. The molecule has 5 N–H and O–H groups in total. The van der Waals surface area contributed by atoms with Crippen molar-refractivity contribution in [3.05, 3.63) is 29.8 Å². The van der Waals surface area contributed by atoms with Gasteiger partial charge in [0, 0.05) is 38.4 Å². The van der Waals surface area contributed by atoms with Crippen molar-refractivity contribution in [3.8, 4) is 0 Å². The standard InChI is InChI=1S/C21H33N7O/c1-26-11-13-27(14-12-26)15-18(29)16-5-7-17(8-6-16)28-20(23)24-19(22)25-21(28)9-3-2-4-10-21/h5-8,18,29H,2-4,9-15H2,1H3,(H4,22,23,24,25). The predicted octanol–water partition coefficient (Wildman–Crippen LogP) is 1.08. The molecular weight excluding hydrogens is 366 g/mol. The Morgan fingerprint density at radius 2 is 1.69 bits per heavy atom. The minimum absolute atomic E-state index is 0.264. The molecule has 3 aliphatic rings. The molecule has 0 bridgehead atoms. The maximum absolute atomic E-state index is 10.7. The number of piperazine rings is 1. The molecule has 2 heterocycles. The molecule has 1 spiro atoms. The van der Waals surface area contributed by atoms with Gasteiger partial charge in [-0.3, -0.25) is 9.80 Å². The lowest BCUT2D eigenvalue weighted by Crippen LogP contribution is -2.58. The fourth-order valence-corrected chi connectivity index (χ4v) is 4.72. The zero-order valence-electron chi connectivity index (χ0n) is 17.3. The molecule has 1 aliphatic carbocycles. The van der Waals surface area contributed by atoms with Gasteiger partial charge in [-0.25, -0.2) is 4.99 Å². The SMILES string of the molecule is CN1CCN(CC(O)c2ccc(N3C(N)=NC(N)=NC34CCCCC4)cc2)CC1. The number of hydrogen-bond acceptors (Lipinski definition) is 8. The summed E-state index contributed by atoms with van der Waals surface area (Å²) in [6, 6.07) is 8.00. The predicted molar refractivity (Wildman–Crippen MR) is 117 cm³/mol. The van der Waals surface area contributed by atoms with Gasteiger partial charge in [0.2, 0.25) is 11.9 Å². The van der Waals surface area contributed by atoms with Gasteiger partial charge in [-0.05, 0) is 50.4 Å². The zero-order valence-corrected chi connectivity index (χ0v) is 17.3. The molecule has 1 saturated heterocycles. The molecule has 29 heavy (non-hydrogen) atoms. The van der Waals surface area contributed by atoms with E-state index in [1.165, 1.54) is 6.42 Å². The number of hydrogen-bond donors (Lipinski definition) is 3. The first kappa shape index (κ1) is 20.1. The first-order chi connectivity index (χ1) is 14.0. The maximum atomic E-state index is 10.7. The van der Waals surface area contributed by atoms with E-state index in [-0.39, 0.29) is 5.96 Å². The van der Waals surface area contributed by atoms with Crippen LogP contribution in [0.25, 0.3) is 0 Å². The summed E-state index contributed by atoms with van der Waals surface area (Å²) in [6.07, 6.45) is 4.73. The van der Waals surface area contributed by atoms with Crippen LogP contribution in [0, 0.1) is 0 Å². The fourth-order valence-electron chi connectivity index (χ4n) is 4.72. The Labute approximate surface area is 172 Å². The van der Waals surface area contributed by atoms with Gasteiger partial charge in [-0.15, -0.1) is 0 Å². The first-order valence-electron chi connectivity index (χ1n) is 10.7. The number of nitrogens with zero attached hydrogens (tertiary/aromatic N) is 5. The summed E-state index contributed by atoms with van der Waals surface area (Å²) in [4.78, 5) is 15.6. The summed E-state index contributed by atoms with van der Waals surface area (Å²) in [5, 5.41) is 10.7. The van der Waals surface area contributed by atoms with Gasteiger partial charge >= 0.3 is 0 Å². The first-order valence-corrected chi connectivity index (χ1v) is 10.7. The summed E-state index contributed by atoms with van der Waals surface area (Å²) < 4.78 is 0. The van der Waals surface area contributed by atoms with Crippen LogP contribution >= 0.6 is 0 Å². The molecule has 1 atom stereocenters. The Morgan fingerprint density at radius 3 is 2.34 bits per heavy atom. The van der Waals surface area contributed by atoms with Crippen LogP contribution < -0.4 is 16.4 Å². The quantitative estimate of drug-likeness (QED) is 0.699. The number of nitrogens with two attached hydrogens (primary N) is 2. The molecule has 0 amide bonds. The van der Waals surface area contributed by atoms with Gasteiger partial charge in [-0.1, -0.05) is 18.6 Å². The average Bonchev–Trinajstić information content (AvgIpc) is 2.70. The number of anilines is 1. The fraction of sp³-hybridized carbons (Fsp3) is 0.619. The maximum Gasteiger partial charge on any atom is 0.220 e. The second-order valence-electron chi connectivity index (χ2n) is 8.53. The highest BCUT2D eigenvalue weighted by atomic mass is 16.3. The van der Waals surface area contributed by atoms with Crippen molar-refractivity contribution in [3.63, 3.8) is 0 Å². The third-order valence-corrected chi connectivity index (χ3v) is 6.41. The van der Waals surface area contributed by atoms with Crippen LogP contribution in [0.5, 0.6) is 0 Å². The van der Waals surface area contributed by atoms with Gasteiger partial charge < -0.3 is 21.5 Å². The van der Waals surface area contributed by atoms with Crippen LogP contribution in [-0.4, -0.2) is 72.3 Å². The minimum atomic E-state index is -0.503. The van der Waals surface area contributed by atoms with Crippen LogP contribution in [0.15, 0.2) is 34.3 Å². The third kappa shape index (κ3) is 4.24. The molecule has 2 fully saturated rings. The number of aliphatic hydroxyl groups excluding tert-OH is 1. The van der Waals surface area contributed by atoms with E-state index in [1.807, 2.05) is 29.2 Å². The van der Waals surface area contributed by atoms with Gasteiger partial charge in [0.15, 0.2) is 0 Å². The van der Waals surface area contributed by atoms with E-state index in [9.17, 15) is 5.11 Å². The monoisotopic (exact) mass is 399 g/mol. The number of guanidine groups is 2. The van der Waals surface area contributed by atoms with Crippen molar-refractivity contribution in [2.45, 2.75) is 43.9 Å². The largest absolute Gasteiger partial charge is 0.387 e.